The summed E-state index contributed by atoms with van der Waals surface area (Å²) in [5, 5.41) is 2.63. The maximum Gasteiger partial charge on any atom is 0.337 e. The molecule has 2 aromatic rings. The molecule has 0 spiro atoms. The van der Waals surface area contributed by atoms with E-state index in [1.54, 1.807) is 31.2 Å². The molecule has 2 aromatic carbocycles. The molecule has 0 aliphatic rings. The molecule has 0 heterocycles. The fraction of sp³-hybridized carbons (Fsp3) is 0.263. The zero-order chi connectivity index (χ0) is 20.0. The van der Waals surface area contributed by atoms with E-state index < -0.39 is 21.9 Å². The topological polar surface area (TPSA) is 92.8 Å². The van der Waals surface area contributed by atoms with Crippen molar-refractivity contribution in [1.29, 1.82) is 0 Å². The number of hydrogen-bond donors (Lipinski definition) is 1. The molecule has 7 nitrogen and oxygen atoms in total. The molecule has 0 fully saturated rings. The van der Waals surface area contributed by atoms with Crippen molar-refractivity contribution in [1.82, 2.24) is 4.31 Å². The summed E-state index contributed by atoms with van der Waals surface area (Å²) in [6, 6.07) is 12.6. The minimum Gasteiger partial charge on any atom is -0.465 e. The Morgan fingerprint density at radius 1 is 1.04 bits per heavy atom. The second-order valence-electron chi connectivity index (χ2n) is 5.86. The number of likely N-dealkylation sites (N-methyl/N-ethyl adjacent to an activating group) is 1. The highest BCUT2D eigenvalue weighted by atomic mass is 32.2. The van der Waals surface area contributed by atoms with E-state index in [0.717, 1.165) is 9.87 Å². The Bertz CT molecular complexity index is 906. The Kier molecular flexibility index (Phi) is 6.70. The van der Waals surface area contributed by atoms with E-state index in [0.29, 0.717) is 11.3 Å². The fourth-order valence-corrected chi connectivity index (χ4v) is 3.80. The van der Waals surface area contributed by atoms with E-state index in [4.69, 9.17) is 0 Å². The van der Waals surface area contributed by atoms with Crippen molar-refractivity contribution in [2.75, 3.05) is 25.5 Å². The molecule has 0 atom stereocenters. The van der Waals surface area contributed by atoms with Crippen LogP contribution >= 0.6 is 0 Å². The predicted molar refractivity (Wildman–Crippen MR) is 102 cm³/mol. The van der Waals surface area contributed by atoms with E-state index in [9.17, 15) is 18.0 Å². The normalized spacial score (nSPS) is 11.3. The number of anilines is 1. The van der Waals surface area contributed by atoms with E-state index >= 15 is 0 Å². The van der Waals surface area contributed by atoms with Gasteiger partial charge in [-0.1, -0.05) is 24.6 Å². The van der Waals surface area contributed by atoms with Crippen LogP contribution in [0.4, 0.5) is 5.69 Å². The van der Waals surface area contributed by atoms with Gasteiger partial charge in [0.05, 0.1) is 24.1 Å². The van der Waals surface area contributed by atoms with Crippen molar-refractivity contribution in [3.8, 4) is 0 Å². The van der Waals surface area contributed by atoms with Crippen molar-refractivity contribution < 1.29 is 22.7 Å². The number of sulfonamides is 1. The number of benzene rings is 2. The maximum atomic E-state index is 12.7. The lowest BCUT2D eigenvalue weighted by atomic mass is 10.2. The van der Waals surface area contributed by atoms with Gasteiger partial charge in [-0.3, -0.25) is 4.79 Å². The van der Waals surface area contributed by atoms with Crippen LogP contribution in [0.1, 0.15) is 22.8 Å². The molecule has 0 bridgehead atoms. The minimum absolute atomic E-state index is 0.144. The number of nitrogens with one attached hydrogen (secondary N) is 1. The number of esters is 1. The van der Waals surface area contributed by atoms with Crippen LogP contribution < -0.4 is 5.32 Å². The van der Waals surface area contributed by atoms with Gasteiger partial charge in [0.25, 0.3) is 0 Å². The zero-order valence-electron chi connectivity index (χ0n) is 15.4. The van der Waals surface area contributed by atoms with Crippen LogP contribution in [0.2, 0.25) is 0 Å². The number of ether oxygens (including phenoxy) is 1. The van der Waals surface area contributed by atoms with E-state index in [-0.39, 0.29) is 18.0 Å². The van der Waals surface area contributed by atoms with E-state index in [1.165, 1.54) is 31.4 Å². The molecule has 2 rings (SSSR count). The molecule has 144 valence electrons. The predicted octanol–water partition coefficient (Wildman–Crippen LogP) is 2.43. The summed E-state index contributed by atoms with van der Waals surface area (Å²) in [5.41, 5.74) is 1.76. The fourth-order valence-electron chi connectivity index (χ4n) is 2.39. The smallest absolute Gasteiger partial charge is 0.337 e. The standard InChI is InChI=1S/C19H22N2O5S/c1-4-21(27(24,25)17-11-5-14(2)6-12-17)13-18(22)20-16-9-7-15(8-10-16)19(23)26-3/h5-12H,4,13H2,1-3H3,(H,20,22). The van der Waals surface area contributed by atoms with Gasteiger partial charge in [-0.05, 0) is 43.3 Å². The van der Waals surface area contributed by atoms with Gasteiger partial charge in [-0.2, -0.15) is 4.31 Å². The first-order chi connectivity index (χ1) is 12.8. The number of carbonyl (C=O) groups excluding carboxylic acids is 2. The van der Waals surface area contributed by atoms with Crippen molar-refractivity contribution >= 4 is 27.6 Å². The Morgan fingerprint density at radius 2 is 1.63 bits per heavy atom. The first-order valence-electron chi connectivity index (χ1n) is 8.33. The van der Waals surface area contributed by atoms with Crippen LogP contribution in [0.25, 0.3) is 0 Å². The summed E-state index contributed by atoms with van der Waals surface area (Å²) in [6.45, 7) is 3.38. The number of rotatable bonds is 7. The molecule has 0 aliphatic heterocycles. The number of hydrogen-bond acceptors (Lipinski definition) is 5. The first-order valence-corrected chi connectivity index (χ1v) is 9.77. The molecule has 1 amide bonds. The van der Waals surface area contributed by atoms with Crippen molar-refractivity contribution in [3.63, 3.8) is 0 Å². The molecule has 0 saturated heterocycles. The second-order valence-corrected chi connectivity index (χ2v) is 7.80. The van der Waals surface area contributed by atoms with Crippen LogP contribution in [-0.2, 0) is 19.6 Å². The Hall–Kier alpha value is -2.71. The highest BCUT2D eigenvalue weighted by Gasteiger charge is 2.25. The molecule has 0 saturated carbocycles. The largest absolute Gasteiger partial charge is 0.465 e. The number of carbonyl (C=O) groups is 2. The molecule has 0 aliphatic carbocycles. The van der Waals surface area contributed by atoms with Gasteiger partial charge in [0.15, 0.2) is 0 Å². The van der Waals surface area contributed by atoms with Crippen molar-refractivity contribution in [2.24, 2.45) is 0 Å². The highest BCUT2D eigenvalue weighted by Crippen LogP contribution is 2.17. The van der Waals surface area contributed by atoms with E-state index in [2.05, 4.69) is 10.1 Å². The number of amides is 1. The lowest BCUT2D eigenvalue weighted by molar-refractivity contribution is -0.116. The summed E-state index contributed by atoms with van der Waals surface area (Å²) >= 11 is 0. The summed E-state index contributed by atoms with van der Waals surface area (Å²) in [5.74, 6) is -0.951. The third-order valence-corrected chi connectivity index (χ3v) is 5.86. The Balaban J connectivity index is 2.08. The van der Waals surface area contributed by atoms with Crippen LogP contribution in [0.15, 0.2) is 53.4 Å². The highest BCUT2D eigenvalue weighted by molar-refractivity contribution is 7.89. The average Bonchev–Trinajstić information content (AvgIpc) is 2.66. The quantitative estimate of drug-likeness (QED) is 0.733. The van der Waals surface area contributed by atoms with E-state index in [1.807, 2.05) is 6.92 Å². The SMILES string of the molecule is CCN(CC(=O)Nc1ccc(C(=O)OC)cc1)S(=O)(=O)c1ccc(C)cc1. The van der Waals surface area contributed by atoms with Crippen LogP contribution in [0, 0.1) is 6.92 Å². The third-order valence-electron chi connectivity index (χ3n) is 3.92. The average molecular weight is 390 g/mol. The molecule has 27 heavy (non-hydrogen) atoms. The van der Waals surface area contributed by atoms with Crippen LogP contribution in [-0.4, -0.2) is 44.8 Å². The summed E-state index contributed by atoms with van der Waals surface area (Å²) in [4.78, 5) is 23.8. The molecule has 1 N–H and O–H groups in total. The van der Waals surface area contributed by atoms with Gasteiger partial charge >= 0.3 is 5.97 Å². The molecule has 0 unspecified atom stereocenters. The van der Waals surface area contributed by atoms with Gasteiger partial charge < -0.3 is 10.1 Å². The molecule has 0 radical (unpaired) electrons. The van der Waals surface area contributed by atoms with Gasteiger partial charge in [-0.15, -0.1) is 0 Å². The maximum absolute atomic E-state index is 12.7. The van der Waals surface area contributed by atoms with Gasteiger partial charge in [-0.25, -0.2) is 13.2 Å². The molecular weight excluding hydrogens is 368 g/mol. The Morgan fingerprint density at radius 3 is 2.15 bits per heavy atom. The van der Waals surface area contributed by atoms with Gasteiger partial charge in [0, 0.05) is 12.2 Å². The summed E-state index contributed by atoms with van der Waals surface area (Å²) < 4.78 is 31.1. The number of nitrogens with zero attached hydrogens (tertiary/aromatic N) is 1. The van der Waals surface area contributed by atoms with Gasteiger partial charge in [0.2, 0.25) is 15.9 Å². The van der Waals surface area contributed by atoms with Gasteiger partial charge in [0.1, 0.15) is 0 Å². The van der Waals surface area contributed by atoms with Crippen molar-refractivity contribution in [3.05, 3.63) is 59.7 Å². The third kappa shape index (κ3) is 5.15. The summed E-state index contributed by atoms with van der Waals surface area (Å²) in [7, 11) is -2.48. The van der Waals surface area contributed by atoms with Crippen LogP contribution in [0.5, 0.6) is 0 Å². The van der Waals surface area contributed by atoms with Crippen molar-refractivity contribution in [2.45, 2.75) is 18.7 Å². The lowest BCUT2D eigenvalue weighted by Crippen LogP contribution is -2.37. The van der Waals surface area contributed by atoms with Crippen LogP contribution in [0.3, 0.4) is 0 Å². The molecular formula is C19H22N2O5S. The monoisotopic (exact) mass is 390 g/mol. The minimum atomic E-state index is -3.77. The molecule has 8 heteroatoms. The summed E-state index contributed by atoms with van der Waals surface area (Å²) in [6.07, 6.45) is 0. The second kappa shape index (κ2) is 8.79. The zero-order valence-corrected chi connectivity index (χ0v) is 16.2. The number of methoxy groups -OCH3 is 1. The Labute approximate surface area is 159 Å². The first kappa shape index (κ1) is 20.6. The molecule has 0 aromatic heterocycles. The number of aryl methyl sites for hydroxylation is 1. The lowest BCUT2D eigenvalue weighted by Gasteiger charge is -2.20.